The maximum Gasteiger partial charge on any atom is 0.243 e. The molecular weight excluding hydrogens is 268 g/mol. The third-order valence-corrected chi connectivity index (χ3v) is 5.91. The molecule has 5 nitrogen and oxygen atoms in total. The first kappa shape index (κ1) is 15.3. The van der Waals surface area contributed by atoms with Gasteiger partial charge in [-0.3, -0.25) is 4.79 Å². The minimum absolute atomic E-state index is 0.0495. The van der Waals surface area contributed by atoms with E-state index in [1.54, 1.807) is 4.90 Å². The normalized spacial score (nSPS) is 41.2. The van der Waals surface area contributed by atoms with E-state index in [1.807, 2.05) is 7.05 Å². The van der Waals surface area contributed by atoms with Crippen molar-refractivity contribution in [2.45, 2.75) is 57.3 Å². The van der Waals surface area contributed by atoms with Gasteiger partial charge in [-0.05, 0) is 25.7 Å². The third-order valence-electron chi connectivity index (χ3n) is 5.91. The summed E-state index contributed by atoms with van der Waals surface area (Å²) in [6, 6.07) is 0. The molecule has 2 aliphatic heterocycles. The van der Waals surface area contributed by atoms with Crippen molar-refractivity contribution < 1.29 is 14.3 Å². The van der Waals surface area contributed by atoms with E-state index >= 15 is 0 Å². The highest BCUT2D eigenvalue weighted by molar-refractivity contribution is 5.89. The van der Waals surface area contributed by atoms with Crippen LogP contribution in [0.1, 0.15) is 39.5 Å². The van der Waals surface area contributed by atoms with Gasteiger partial charge >= 0.3 is 0 Å². The zero-order chi connectivity index (χ0) is 15.3. The van der Waals surface area contributed by atoms with Crippen molar-refractivity contribution in [2.24, 2.45) is 17.1 Å². The lowest BCUT2D eigenvalue weighted by atomic mass is 9.47. The molecule has 2 saturated heterocycles. The van der Waals surface area contributed by atoms with Gasteiger partial charge in [-0.2, -0.15) is 0 Å². The topological polar surface area (TPSA) is 64.8 Å². The number of carbonyl (C=O) groups is 1. The predicted octanol–water partition coefficient (Wildman–Crippen LogP) is 1.16. The van der Waals surface area contributed by atoms with Crippen LogP contribution >= 0.6 is 0 Å². The molecule has 4 atom stereocenters. The maximum atomic E-state index is 13.0. The number of hydrogen-bond donors (Lipinski definition) is 1. The molecule has 1 saturated carbocycles. The van der Waals surface area contributed by atoms with Crippen LogP contribution in [0.3, 0.4) is 0 Å². The van der Waals surface area contributed by atoms with Gasteiger partial charge in [0, 0.05) is 38.1 Å². The van der Waals surface area contributed by atoms with E-state index in [0.717, 1.165) is 32.5 Å². The summed E-state index contributed by atoms with van der Waals surface area (Å²) < 4.78 is 11.5. The maximum absolute atomic E-state index is 13.0. The fraction of sp³-hybridized carbons (Fsp3) is 0.938. The second-order valence-electron chi connectivity index (χ2n) is 7.45. The van der Waals surface area contributed by atoms with Gasteiger partial charge in [0.1, 0.15) is 5.54 Å². The summed E-state index contributed by atoms with van der Waals surface area (Å²) in [5, 5.41) is 0. The Hall–Kier alpha value is -0.650. The summed E-state index contributed by atoms with van der Waals surface area (Å²) in [7, 11) is 1.86. The largest absolute Gasteiger partial charge is 0.377 e. The fourth-order valence-corrected chi connectivity index (χ4v) is 4.47. The lowest BCUT2D eigenvalue weighted by molar-refractivity contribution is -0.184. The Kier molecular flexibility index (Phi) is 3.79. The van der Waals surface area contributed by atoms with Crippen LogP contribution in [-0.2, 0) is 14.3 Å². The second-order valence-corrected chi connectivity index (χ2v) is 7.45. The van der Waals surface area contributed by atoms with Crippen LogP contribution in [0.2, 0.25) is 0 Å². The van der Waals surface area contributed by atoms with Gasteiger partial charge < -0.3 is 20.1 Å². The Morgan fingerprint density at radius 2 is 2.00 bits per heavy atom. The minimum Gasteiger partial charge on any atom is -0.377 e. The van der Waals surface area contributed by atoms with Crippen LogP contribution in [0.5, 0.6) is 0 Å². The number of nitrogens with two attached hydrogens (primary N) is 1. The summed E-state index contributed by atoms with van der Waals surface area (Å²) in [6.07, 6.45) is 4.53. The second kappa shape index (κ2) is 5.21. The van der Waals surface area contributed by atoms with Gasteiger partial charge in [-0.25, -0.2) is 0 Å². The highest BCUT2D eigenvalue weighted by atomic mass is 16.5. The number of rotatable bonds is 3. The molecule has 0 aromatic carbocycles. The zero-order valence-corrected chi connectivity index (χ0v) is 13.4. The van der Waals surface area contributed by atoms with Gasteiger partial charge in [0.25, 0.3) is 0 Å². The molecule has 0 radical (unpaired) electrons. The summed E-state index contributed by atoms with van der Waals surface area (Å²) in [5.41, 5.74) is 5.51. The molecule has 3 fully saturated rings. The minimum atomic E-state index is -0.794. The summed E-state index contributed by atoms with van der Waals surface area (Å²) in [4.78, 5) is 14.8. The van der Waals surface area contributed by atoms with E-state index < -0.39 is 5.54 Å². The number of carbonyl (C=O) groups excluding carboxylic acids is 1. The molecule has 1 amide bonds. The monoisotopic (exact) mass is 296 g/mol. The van der Waals surface area contributed by atoms with Crippen molar-refractivity contribution in [1.82, 2.24) is 4.90 Å². The van der Waals surface area contributed by atoms with Crippen LogP contribution in [0.4, 0.5) is 0 Å². The number of amides is 1. The number of nitrogens with zero attached hydrogens (tertiary/aromatic N) is 1. The number of likely N-dealkylation sites (N-methyl/N-ethyl adjacent to an activating group) is 1. The molecule has 0 aromatic rings. The standard InChI is InChI=1S/C16H28N2O3/c1-15(2)13-12(7-9-21-13)16(15,17)14(19)18(3)10-11-6-4-5-8-20-11/h11-13H,4-10,17H2,1-3H3. The van der Waals surface area contributed by atoms with Crippen LogP contribution in [0, 0.1) is 11.3 Å². The Morgan fingerprint density at radius 1 is 1.24 bits per heavy atom. The van der Waals surface area contributed by atoms with Crippen molar-refractivity contribution in [3.8, 4) is 0 Å². The van der Waals surface area contributed by atoms with Crippen LogP contribution in [-0.4, -0.2) is 55.4 Å². The zero-order valence-electron chi connectivity index (χ0n) is 13.4. The van der Waals surface area contributed by atoms with E-state index in [2.05, 4.69) is 13.8 Å². The molecule has 0 bridgehead atoms. The van der Waals surface area contributed by atoms with Crippen LogP contribution in [0.15, 0.2) is 0 Å². The van der Waals surface area contributed by atoms with Crippen molar-refractivity contribution in [3.63, 3.8) is 0 Å². The third kappa shape index (κ3) is 2.13. The van der Waals surface area contributed by atoms with Gasteiger partial charge in [0.2, 0.25) is 5.91 Å². The fourth-order valence-electron chi connectivity index (χ4n) is 4.47. The summed E-state index contributed by atoms with van der Waals surface area (Å²) >= 11 is 0. The van der Waals surface area contributed by atoms with Gasteiger partial charge in [0.15, 0.2) is 0 Å². The molecule has 4 unspecified atom stereocenters. The van der Waals surface area contributed by atoms with E-state index in [0.29, 0.717) is 6.54 Å². The molecule has 3 rings (SSSR count). The molecular formula is C16H28N2O3. The van der Waals surface area contributed by atoms with E-state index in [1.165, 1.54) is 6.42 Å². The number of hydrogen-bond acceptors (Lipinski definition) is 4. The highest BCUT2D eigenvalue weighted by Gasteiger charge is 2.71. The van der Waals surface area contributed by atoms with Crippen molar-refractivity contribution in [1.29, 1.82) is 0 Å². The van der Waals surface area contributed by atoms with Crippen LogP contribution < -0.4 is 5.73 Å². The van der Waals surface area contributed by atoms with E-state index in [9.17, 15) is 4.79 Å². The van der Waals surface area contributed by atoms with Crippen molar-refractivity contribution >= 4 is 5.91 Å². The first-order valence-electron chi connectivity index (χ1n) is 8.16. The first-order chi connectivity index (χ1) is 9.89. The molecule has 0 aromatic heterocycles. The Bertz CT molecular complexity index is 420. The van der Waals surface area contributed by atoms with E-state index in [-0.39, 0.29) is 29.4 Å². The Labute approximate surface area is 127 Å². The Morgan fingerprint density at radius 3 is 2.67 bits per heavy atom. The molecule has 0 spiro atoms. The molecule has 1 aliphatic carbocycles. The SMILES string of the molecule is CN(CC1CCCCO1)C(=O)C1(N)C2CCOC2C1(C)C. The highest BCUT2D eigenvalue weighted by Crippen LogP contribution is 2.58. The lowest BCUT2D eigenvalue weighted by Crippen LogP contribution is -2.80. The van der Waals surface area contributed by atoms with Crippen molar-refractivity contribution in [2.75, 3.05) is 26.8 Å². The number of fused-ring (bicyclic) bond motifs is 1. The summed E-state index contributed by atoms with van der Waals surface area (Å²) in [5.74, 6) is 0.211. The average molecular weight is 296 g/mol. The summed E-state index contributed by atoms with van der Waals surface area (Å²) in [6.45, 7) is 6.29. The predicted molar refractivity (Wildman–Crippen MR) is 79.8 cm³/mol. The smallest absolute Gasteiger partial charge is 0.243 e. The van der Waals surface area contributed by atoms with Crippen LogP contribution in [0.25, 0.3) is 0 Å². The average Bonchev–Trinajstić information content (AvgIpc) is 2.95. The number of ether oxygens (including phenoxy) is 2. The molecule has 21 heavy (non-hydrogen) atoms. The molecule has 2 heterocycles. The van der Waals surface area contributed by atoms with Gasteiger partial charge in [-0.15, -0.1) is 0 Å². The lowest BCUT2D eigenvalue weighted by Gasteiger charge is -2.61. The first-order valence-corrected chi connectivity index (χ1v) is 8.16. The van der Waals surface area contributed by atoms with Gasteiger partial charge in [0.05, 0.1) is 12.2 Å². The van der Waals surface area contributed by atoms with Crippen molar-refractivity contribution in [3.05, 3.63) is 0 Å². The molecule has 3 aliphatic rings. The van der Waals surface area contributed by atoms with E-state index in [4.69, 9.17) is 15.2 Å². The molecule has 2 N–H and O–H groups in total. The van der Waals surface area contributed by atoms with Gasteiger partial charge in [-0.1, -0.05) is 13.8 Å². The quantitative estimate of drug-likeness (QED) is 0.848. The molecule has 5 heteroatoms. The molecule has 120 valence electrons. The Balaban J connectivity index is 1.68.